The average Bonchev–Trinajstić information content (AvgIpc) is 3.05. The molecule has 1 aromatic carbocycles. The monoisotopic (exact) mass is 411 g/mol. The number of quaternary nitrogens is 1. The van der Waals surface area contributed by atoms with E-state index in [1.807, 2.05) is 6.92 Å². The first kappa shape index (κ1) is 21.4. The summed E-state index contributed by atoms with van der Waals surface area (Å²) in [5.74, 6) is 0.414. The number of thiophene rings is 1. The van der Waals surface area contributed by atoms with Gasteiger partial charge in [0.1, 0.15) is 4.83 Å². The molecule has 0 amide bonds. The lowest BCUT2D eigenvalue weighted by Gasteiger charge is -2.26. The number of hydrogen-bond donors (Lipinski definition) is 1. The number of unbranched alkanes of at least 4 members (excludes halogenated alkanes) is 1. The first-order valence-corrected chi connectivity index (χ1v) is 10.8. The number of carbonyl (C=O) groups excluding carboxylic acids is 1. The Morgan fingerprint density at radius 3 is 2.72 bits per heavy atom. The van der Waals surface area contributed by atoms with Crippen molar-refractivity contribution in [1.82, 2.24) is 11.1 Å². The van der Waals surface area contributed by atoms with Crippen LogP contribution in [0.1, 0.15) is 47.9 Å². The number of aryl methyl sites for hydroxylation is 2. The molecule has 1 aliphatic rings. The van der Waals surface area contributed by atoms with Crippen LogP contribution in [0, 0.1) is 13.8 Å². The van der Waals surface area contributed by atoms with Gasteiger partial charge < -0.3 is 16.2 Å². The van der Waals surface area contributed by atoms with Crippen molar-refractivity contribution in [2.75, 3.05) is 6.54 Å². The summed E-state index contributed by atoms with van der Waals surface area (Å²) in [5.41, 5.74) is 5.27. The zero-order chi connectivity index (χ0) is 19.7. The molecular weight excluding hydrogens is 382 g/mol. The fourth-order valence-corrected chi connectivity index (χ4v) is 4.91. The fraction of sp³-hybridized carbons (Fsp3) is 0.391. The van der Waals surface area contributed by atoms with E-state index < -0.39 is 0 Å². The molecule has 6 heteroatoms. The van der Waals surface area contributed by atoms with Gasteiger partial charge in [0.25, 0.3) is 0 Å². The maximum absolute atomic E-state index is 12.5. The predicted molar refractivity (Wildman–Crippen MR) is 121 cm³/mol. The summed E-state index contributed by atoms with van der Waals surface area (Å²) >= 11 is 1.76. The van der Waals surface area contributed by atoms with Crippen molar-refractivity contribution in [2.45, 2.75) is 53.0 Å². The third-order valence-corrected chi connectivity index (χ3v) is 6.39. The molecule has 0 bridgehead atoms. The van der Waals surface area contributed by atoms with Gasteiger partial charge in [0, 0.05) is 22.2 Å². The van der Waals surface area contributed by atoms with E-state index in [0.717, 1.165) is 52.8 Å². The van der Waals surface area contributed by atoms with Crippen LogP contribution in [0.5, 0.6) is 5.75 Å². The number of benzene rings is 1. The molecule has 0 unspecified atom stereocenters. The Kier molecular flexibility index (Phi) is 6.67. The van der Waals surface area contributed by atoms with Gasteiger partial charge >= 0.3 is 5.97 Å². The van der Waals surface area contributed by atoms with E-state index in [2.05, 4.69) is 43.4 Å². The van der Waals surface area contributed by atoms with Gasteiger partial charge in [-0.05, 0) is 37.8 Å². The maximum Gasteiger partial charge on any atom is 0.311 e. The van der Waals surface area contributed by atoms with Crippen molar-refractivity contribution in [1.29, 1.82) is 0 Å². The molecule has 5 nitrogen and oxygen atoms in total. The fourth-order valence-electron chi connectivity index (χ4n) is 3.68. The smallest absolute Gasteiger partial charge is 0.311 e. The van der Waals surface area contributed by atoms with Crippen LogP contribution >= 0.6 is 11.3 Å². The van der Waals surface area contributed by atoms with Gasteiger partial charge in [0.05, 0.1) is 5.69 Å². The van der Waals surface area contributed by atoms with Crippen molar-refractivity contribution in [3.63, 3.8) is 0 Å². The zero-order valence-electron chi connectivity index (χ0n) is 17.7. The lowest BCUT2D eigenvalue weighted by atomic mass is 9.96. The van der Waals surface area contributed by atoms with Crippen molar-refractivity contribution < 1.29 is 9.53 Å². The van der Waals surface area contributed by atoms with Crippen LogP contribution in [-0.2, 0) is 17.8 Å². The summed E-state index contributed by atoms with van der Waals surface area (Å²) in [6, 6.07) is 8.42. The quantitative estimate of drug-likeness (QED) is 0.487. The van der Waals surface area contributed by atoms with Crippen molar-refractivity contribution in [3.05, 3.63) is 51.3 Å². The third kappa shape index (κ3) is 4.20. The molecule has 0 aliphatic carbocycles. The number of pyridine rings is 1. The number of esters is 1. The minimum Gasteiger partial charge on any atom is -0.658 e. The van der Waals surface area contributed by atoms with Crippen LogP contribution in [-0.4, -0.2) is 17.5 Å². The summed E-state index contributed by atoms with van der Waals surface area (Å²) in [7, 11) is 0. The Morgan fingerprint density at radius 1 is 1.24 bits per heavy atom. The second-order valence-electron chi connectivity index (χ2n) is 7.38. The second kappa shape index (κ2) is 9.03. The lowest BCUT2D eigenvalue weighted by Crippen LogP contribution is -2.10. The number of aromatic nitrogens is 1. The molecular formula is C23H29N3O2S. The van der Waals surface area contributed by atoms with Crippen LogP contribution in [0.4, 0.5) is 0 Å². The summed E-state index contributed by atoms with van der Waals surface area (Å²) in [4.78, 5) is 19.7. The second-order valence-corrected chi connectivity index (χ2v) is 8.47. The van der Waals surface area contributed by atoms with E-state index in [4.69, 9.17) is 9.72 Å². The Morgan fingerprint density at radius 2 is 2.00 bits per heavy atom. The van der Waals surface area contributed by atoms with Crippen molar-refractivity contribution >= 4 is 27.5 Å². The van der Waals surface area contributed by atoms with Crippen LogP contribution < -0.4 is 10.9 Å². The number of carbonyl (C=O) groups is 1. The molecule has 0 atom stereocenters. The molecule has 29 heavy (non-hydrogen) atoms. The van der Waals surface area contributed by atoms with Crippen LogP contribution in [0.3, 0.4) is 0 Å². The molecule has 154 valence electrons. The number of ether oxygens (including phenoxy) is 1. The van der Waals surface area contributed by atoms with Gasteiger partial charge in [-0.3, -0.25) is 4.79 Å². The summed E-state index contributed by atoms with van der Waals surface area (Å²) in [5, 5.41) is 5.72. The largest absolute Gasteiger partial charge is 0.658 e. The van der Waals surface area contributed by atoms with E-state index in [-0.39, 0.29) is 12.1 Å². The zero-order valence-corrected chi connectivity index (χ0v) is 18.5. The van der Waals surface area contributed by atoms with E-state index in [1.54, 1.807) is 11.3 Å². The lowest BCUT2D eigenvalue weighted by molar-refractivity contribution is -0.134. The van der Waals surface area contributed by atoms with Crippen LogP contribution in [0.25, 0.3) is 26.7 Å². The highest BCUT2D eigenvalue weighted by Crippen LogP contribution is 2.45. The van der Waals surface area contributed by atoms with Crippen LogP contribution in [0.2, 0.25) is 0 Å². The average molecular weight is 412 g/mol. The molecule has 0 saturated heterocycles. The number of nitrogens with zero attached hydrogens (tertiary/aromatic N) is 2. The minimum absolute atomic E-state index is 0. The van der Waals surface area contributed by atoms with Gasteiger partial charge in [-0.25, -0.2) is 4.98 Å². The standard InChI is InChI=1S/C23H25N2O2S.H3N/c1-4-5-6-19(26)27-22-15(3)25-23-21(17-13-24-12-11-18(17)28-23)20(22)16-9-7-14(2)8-10-16;/h7-10H,4-6,11-13H2,1-3H3;1H3/q-1;/p+1. The van der Waals surface area contributed by atoms with Gasteiger partial charge in [-0.1, -0.05) is 43.2 Å². The maximum atomic E-state index is 12.5. The third-order valence-electron chi connectivity index (χ3n) is 5.20. The molecule has 2 aromatic heterocycles. The first-order valence-electron chi connectivity index (χ1n) is 9.94. The van der Waals surface area contributed by atoms with E-state index in [9.17, 15) is 4.79 Å². The Labute approximate surface area is 176 Å². The molecule has 0 radical (unpaired) electrons. The molecule has 3 heterocycles. The van der Waals surface area contributed by atoms with Crippen molar-refractivity contribution in [3.8, 4) is 16.9 Å². The van der Waals surface area contributed by atoms with Gasteiger partial charge in [-0.2, -0.15) is 0 Å². The molecule has 3 aromatic rings. The number of hydrogen-bond acceptors (Lipinski definition) is 4. The molecule has 0 saturated carbocycles. The molecule has 4 N–H and O–H groups in total. The Balaban J connectivity index is 0.00000240. The highest BCUT2D eigenvalue weighted by molar-refractivity contribution is 7.19. The highest BCUT2D eigenvalue weighted by atomic mass is 32.1. The summed E-state index contributed by atoms with van der Waals surface area (Å²) in [6.45, 7) is 7.67. The van der Waals surface area contributed by atoms with E-state index in [1.165, 1.54) is 16.0 Å². The molecule has 0 fully saturated rings. The van der Waals surface area contributed by atoms with Gasteiger partial charge in [0.2, 0.25) is 0 Å². The predicted octanol–water partition coefficient (Wildman–Crippen LogP) is 6.48. The van der Waals surface area contributed by atoms with E-state index >= 15 is 0 Å². The normalized spacial score (nSPS) is 13.1. The summed E-state index contributed by atoms with van der Waals surface area (Å²) in [6.07, 6.45) is 3.20. The molecule has 4 rings (SSSR count). The van der Waals surface area contributed by atoms with E-state index in [0.29, 0.717) is 18.7 Å². The first-order chi connectivity index (χ1) is 13.6. The van der Waals surface area contributed by atoms with Crippen molar-refractivity contribution in [2.24, 2.45) is 0 Å². The Hall–Kier alpha value is -2.28. The summed E-state index contributed by atoms with van der Waals surface area (Å²) < 4.78 is 5.90. The molecule has 1 aliphatic heterocycles. The van der Waals surface area contributed by atoms with Crippen LogP contribution in [0.15, 0.2) is 24.3 Å². The minimum atomic E-state index is -0.187. The SMILES string of the molecule is CCCCC(=O)Oc1c(C)nc2sc3c(c2c1-c1ccc(C)cc1)C[N-]CC3.[NH4+]. The Bertz CT molecular complexity index is 1030. The van der Waals surface area contributed by atoms with Gasteiger partial charge in [0.15, 0.2) is 5.75 Å². The molecule has 0 spiro atoms. The van der Waals surface area contributed by atoms with Gasteiger partial charge in [-0.15, -0.1) is 24.4 Å². The topological polar surface area (TPSA) is 89.8 Å². The number of rotatable bonds is 5. The number of fused-ring (bicyclic) bond motifs is 3. The highest BCUT2D eigenvalue weighted by Gasteiger charge is 2.23.